The summed E-state index contributed by atoms with van der Waals surface area (Å²) in [5.41, 5.74) is 0. The zero-order chi connectivity index (χ0) is 12.7. The van der Waals surface area contributed by atoms with Gasteiger partial charge in [0.15, 0.2) is 0 Å². The second kappa shape index (κ2) is 4.08. The number of aromatic amines is 1. The first-order valence-corrected chi connectivity index (χ1v) is 6.13. The van der Waals surface area contributed by atoms with Gasteiger partial charge in [-0.25, -0.2) is 9.78 Å². The number of H-pyrrole nitrogens is 1. The van der Waals surface area contributed by atoms with E-state index in [2.05, 4.69) is 15.2 Å². The molecule has 18 heavy (non-hydrogen) atoms. The number of aliphatic carboxylic acids is 1. The molecule has 1 atom stereocenters. The van der Waals surface area contributed by atoms with Gasteiger partial charge >= 0.3 is 5.97 Å². The molecule has 0 spiro atoms. The van der Waals surface area contributed by atoms with E-state index in [0.29, 0.717) is 25.3 Å². The number of carbonyl (C=O) groups excluding carboxylic acids is 1. The molecule has 1 aromatic rings. The Kier molecular flexibility index (Phi) is 2.53. The Morgan fingerprint density at radius 3 is 2.78 bits per heavy atom. The summed E-state index contributed by atoms with van der Waals surface area (Å²) in [6.07, 6.45) is 3.36. The van der Waals surface area contributed by atoms with Crippen molar-refractivity contribution in [3.8, 4) is 0 Å². The smallest absolute Gasteiger partial charge is 0.326 e. The third kappa shape index (κ3) is 1.85. The zero-order valence-electron chi connectivity index (χ0n) is 9.80. The molecular formula is C11H14N4O3. The molecule has 1 amide bonds. The maximum Gasteiger partial charge on any atom is 0.326 e. The summed E-state index contributed by atoms with van der Waals surface area (Å²) in [4.78, 5) is 28.7. The third-order valence-corrected chi connectivity index (χ3v) is 3.46. The number of carboxylic acid groups (broad SMARTS) is 1. The van der Waals surface area contributed by atoms with Crippen molar-refractivity contribution in [1.82, 2.24) is 20.1 Å². The van der Waals surface area contributed by atoms with Crippen LogP contribution in [0.5, 0.6) is 0 Å². The van der Waals surface area contributed by atoms with Crippen LogP contribution in [0.3, 0.4) is 0 Å². The standard InChI is InChI=1S/C11H14N4O3/c16-10(15-5-1-2-7(15)11(17)18)9-12-8(13-14-9)6-3-4-6/h6-7H,1-5H2,(H,17,18)(H,12,13,14)/t7-/m0/s1. The van der Waals surface area contributed by atoms with Crippen molar-refractivity contribution >= 4 is 11.9 Å². The van der Waals surface area contributed by atoms with Crippen LogP contribution in [0.25, 0.3) is 0 Å². The average Bonchev–Trinajstić information content (AvgIpc) is 2.92. The number of likely N-dealkylation sites (tertiary alicyclic amines) is 1. The molecule has 2 heterocycles. The minimum Gasteiger partial charge on any atom is -0.480 e. The second-order valence-electron chi connectivity index (χ2n) is 4.81. The van der Waals surface area contributed by atoms with E-state index < -0.39 is 12.0 Å². The van der Waals surface area contributed by atoms with E-state index in [1.54, 1.807) is 0 Å². The van der Waals surface area contributed by atoms with E-state index in [-0.39, 0.29) is 11.7 Å². The molecule has 0 bridgehead atoms. The Morgan fingerprint density at radius 2 is 2.11 bits per heavy atom. The lowest BCUT2D eigenvalue weighted by molar-refractivity contribution is -0.141. The van der Waals surface area contributed by atoms with Gasteiger partial charge < -0.3 is 10.0 Å². The van der Waals surface area contributed by atoms with Crippen molar-refractivity contribution in [3.63, 3.8) is 0 Å². The van der Waals surface area contributed by atoms with Crippen LogP contribution < -0.4 is 0 Å². The van der Waals surface area contributed by atoms with E-state index in [9.17, 15) is 9.59 Å². The molecule has 3 rings (SSSR count). The molecule has 0 unspecified atom stereocenters. The minimum atomic E-state index is -0.959. The summed E-state index contributed by atoms with van der Waals surface area (Å²) >= 11 is 0. The van der Waals surface area contributed by atoms with Crippen molar-refractivity contribution in [2.24, 2.45) is 0 Å². The fraction of sp³-hybridized carbons (Fsp3) is 0.636. The van der Waals surface area contributed by atoms with Gasteiger partial charge in [-0.3, -0.25) is 9.89 Å². The first-order valence-electron chi connectivity index (χ1n) is 6.13. The van der Waals surface area contributed by atoms with Crippen molar-refractivity contribution < 1.29 is 14.7 Å². The Labute approximate surface area is 103 Å². The number of carboxylic acids is 1. The number of hydrogen-bond acceptors (Lipinski definition) is 4. The van der Waals surface area contributed by atoms with Gasteiger partial charge in [-0.2, -0.15) is 0 Å². The topological polar surface area (TPSA) is 99.2 Å². The zero-order valence-corrected chi connectivity index (χ0v) is 9.80. The van der Waals surface area contributed by atoms with Gasteiger partial charge in [-0.1, -0.05) is 0 Å². The molecule has 7 nitrogen and oxygen atoms in total. The Balaban J connectivity index is 1.78. The summed E-state index contributed by atoms with van der Waals surface area (Å²) in [7, 11) is 0. The first kappa shape index (κ1) is 11.2. The van der Waals surface area contributed by atoms with Gasteiger partial charge in [0, 0.05) is 12.5 Å². The number of rotatable bonds is 3. The van der Waals surface area contributed by atoms with Gasteiger partial charge in [0.1, 0.15) is 11.9 Å². The maximum absolute atomic E-state index is 12.1. The minimum absolute atomic E-state index is 0.0880. The molecule has 1 saturated heterocycles. The summed E-state index contributed by atoms with van der Waals surface area (Å²) < 4.78 is 0. The number of nitrogens with one attached hydrogen (secondary N) is 1. The molecule has 96 valence electrons. The second-order valence-corrected chi connectivity index (χ2v) is 4.81. The van der Waals surface area contributed by atoms with Crippen molar-refractivity contribution in [2.45, 2.75) is 37.6 Å². The van der Waals surface area contributed by atoms with Gasteiger partial charge in [-0.15, -0.1) is 5.10 Å². The lowest BCUT2D eigenvalue weighted by atomic mass is 10.2. The molecule has 2 aliphatic rings. The van der Waals surface area contributed by atoms with Crippen LogP contribution in [0, 0.1) is 0 Å². The predicted molar refractivity (Wildman–Crippen MR) is 60.1 cm³/mol. The maximum atomic E-state index is 12.1. The fourth-order valence-electron chi connectivity index (χ4n) is 2.30. The van der Waals surface area contributed by atoms with Gasteiger partial charge in [0.25, 0.3) is 5.91 Å². The molecule has 0 radical (unpaired) electrons. The van der Waals surface area contributed by atoms with Crippen LogP contribution in [0.2, 0.25) is 0 Å². The van der Waals surface area contributed by atoms with Crippen molar-refractivity contribution in [2.75, 3.05) is 6.54 Å². The van der Waals surface area contributed by atoms with Crippen LogP contribution >= 0.6 is 0 Å². The third-order valence-electron chi connectivity index (χ3n) is 3.46. The van der Waals surface area contributed by atoms with Crippen LogP contribution in [0.1, 0.15) is 48.0 Å². The van der Waals surface area contributed by atoms with Gasteiger partial charge in [-0.05, 0) is 25.7 Å². The van der Waals surface area contributed by atoms with Crippen molar-refractivity contribution in [3.05, 3.63) is 11.6 Å². The molecule has 2 fully saturated rings. The summed E-state index contributed by atoms with van der Waals surface area (Å²) in [6.45, 7) is 0.461. The molecule has 0 aromatic carbocycles. The quantitative estimate of drug-likeness (QED) is 0.807. The number of amides is 1. The van der Waals surface area contributed by atoms with Gasteiger partial charge in [0.2, 0.25) is 5.82 Å². The summed E-state index contributed by atoms with van der Waals surface area (Å²) in [6, 6.07) is -0.736. The molecular weight excluding hydrogens is 236 g/mol. The number of aromatic nitrogens is 3. The highest BCUT2D eigenvalue weighted by Gasteiger charge is 2.36. The lowest BCUT2D eigenvalue weighted by Gasteiger charge is -2.19. The molecule has 1 aromatic heterocycles. The van der Waals surface area contributed by atoms with Crippen LogP contribution in [-0.4, -0.2) is 49.7 Å². The van der Waals surface area contributed by atoms with E-state index in [1.165, 1.54) is 4.90 Å². The van der Waals surface area contributed by atoms with E-state index >= 15 is 0 Å². The lowest BCUT2D eigenvalue weighted by Crippen LogP contribution is -2.40. The predicted octanol–water partition coefficient (Wildman–Crippen LogP) is 0.371. The molecule has 1 aliphatic carbocycles. The average molecular weight is 250 g/mol. The SMILES string of the molecule is O=C(O)[C@@H]1CCCN1C(=O)c1n[nH]c(C2CC2)n1. The van der Waals surface area contributed by atoms with Crippen LogP contribution in [0.15, 0.2) is 0 Å². The summed E-state index contributed by atoms with van der Waals surface area (Å²) in [5.74, 6) is -0.121. The van der Waals surface area contributed by atoms with E-state index in [0.717, 1.165) is 18.7 Å². The van der Waals surface area contributed by atoms with Gasteiger partial charge in [0.05, 0.1) is 0 Å². The molecule has 2 N–H and O–H groups in total. The van der Waals surface area contributed by atoms with E-state index in [1.807, 2.05) is 0 Å². The first-order chi connectivity index (χ1) is 8.66. The molecule has 7 heteroatoms. The summed E-state index contributed by atoms with van der Waals surface area (Å²) in [5, 5.41) is 15.7. The monoisotopic (exact) mass is 250 g/mol. The number of nitrogens with zero attached hydrogens (tertiary/aromatic N) is 3. The molecule has 1 aliphatic heterocycles. The highest BCUT2D eigenvalue weighted by molar-refractivity contribution is 5.93. The largest absolute Gasteiger partial charge is 0.480 e. The highest BCUT2D eigenvalue weighted by atomic mass is 16.4. The normalized spacial score (nSPS) is 23.3. The fourth-order valence-corrected chi connectivity index (χ4v) is 2.30. The van der Waals surface area contributed by atoms with E-state index in [4.69, 9.17) is 5.11 Å². The number of carbonyl (C=O) groups is 2. The Bertz CT molecular complexity index is 494. The van der Waals surface area contributed by atoms with Crippen molar-refractivity contribution in [1.29, 1.82) is 0 Å². The Hall–Kier alpha value is -1.92. The highest BCUT2D eigenvalue weighted by Crippen LogP contribution is 2.37. The van der Waals surface area contributed by atoms with Crippen LogP contribution in [0.4, 0.5) is 0 Å². The molecule has 1 saturated carbocycles. The number of hydrogen-bond donors (Lipinski definition) is 2. The Morgan fingerprint density at radius 1 is 1.33 bits per heavy atom. The van der Waals surface area contributed by atoms with Crippen LogP contribution in [-0.2, 0) is 4.79 Å².